The number of rotatable bonds is 0. The molecule has 21 heavy (non-hydrogen) atoms. The Bertz CT molecular complexity index is 578. The summed E-state index contributed by atoms with van der Waals surface area (Å²) in [5, 5.41) is 0. The van der Waals surface area contributed by atoms with E-state index < -0.39 is 0 Å². The maximum Gasteiger partial charge on any atom is 0.318 e. The van der Waals surface area contributed by atoms with Gasteiger partial charge in [0, 0.05) is 11.8 Å². The van der Waals surface area contributed by atoms with Crippen molar-refractivity contribution in [2.75, 3.05) is 0 Å². The van der Waals surface area contributed by atoms with Gasteiger partial charge in [-0.25, -0.2) is 0 Å². The number of ether oxygens (including phenoxy) is 1. The normalized spacial score (nSPS) is 51.2. The molecule has 0 amide bonds. The third-order valence-corrected chi connectivity index (χ3v) is 7.94. The van der Waals surface area contributed by atoms with Crippen LogP contribution in [0.5, 0.6) is 0 Å². The van der Waals surface area contributed by atoms with E-state index in [1.165, 1.54) is 44.9 Å². The summed E-state index contributed by atoms with van der Waals surface area (Å²) in [6, 6.07) is 0. The highest BCUT2D eigenvalue weighted by molar-refractivity contribution is 5.99. The van der Waals surface area contributed by atoms with Crippen LogP contribution in [0.15, 0.2) is 11.1 Å². The smallest absolute Gasteiger partial charge is 0.318 e. The molecule has 4 bridgehead atoms. The molecule has 1 spiro atoms. The van der Waals surface area contributed by atoms with Gasteiger partial charge in [-0.15, -0.1) is 0 Å². The molecular weight excluding hydrogens is 264 g/mol. The molecule has 6 rings (SSSR count). The van der Waals surface area contributed by atoms with Crippen molar-refractivity contribution in [2.24, 2.45) is 40.9 Å². The van der Waals surface area contributed by atoms with Gasteiger partial charge in [-0.05, 0) is 49.4 Å². The average Bonchev–Trinajstić information content (AvgIpc) is 3.25. The van der Waals surface area contributed by atoms with Crippen LogP contribution in [0.3, 0.4) is 0 Å². The van der Waals surface area contributed by atoms with E-state index in [1.807, 2.05) is 0 Å². The number of allylic oxidation sites excluding steroid dienone is 2. The fourth-order valence-electron chi connectivity index (χ4n) is 7.67. The Kier molecular flexibility index (Phi) is 1.79. The SMILES string of the molecule is O=C1OC(=O)C2C1C1C3=C(C4CCC3C4)C2C12CCCC2. The van der Waals surface area contributed by atoms with Crippen LogP contribution in [0.25, 0.3) is 0 Å². The van der Waals surface area contributed by atoms with Crippen LogP contribution in [0.4, 0.5) is 0 Å². The predicted octanol–water partition coefficient (Wildman–Crippen LogP) is 2.85. The topological polar surface area (TPSA) is 43.4 Å². The molecule has 3 saturated carbocycles. The van der Waals surface area contributed by atoms with E-state index in [1.54, 1.807) is 11.1 Å². The molecule has 0 N–H and O–H groups in total. The van der Waals surface area contributed by atoms with Crippen LogP contribution in [0.1, 0.15) is 44.9 Å². The number of cyclic esters (lactones) is 2. The molecule has 3 heteroatoms. The van der Waals surface area contributed by atoms with Crippen molar-refractivity contribution in [1.29, 1.82) is 0 Å². The second kappa shape index (κ2) is 3.28. The summed E-state index contributed by atoms with van der Waals surface area (Å²) < 4.78 is 5.06. The van der Waals surface area contributed by atoms with E-state index in [2.05, 4.69) is 0 Å². The predicted molar refractivity (Wildman–Crippen MR) is 73.8 cm³/mol. The van der Waals surface area contributed by atoms with Crippen LogP contribution in [0.2, 0.25) is 0 Å². The van der Waals surface area contributed by atoms with Crippen LogP contribution < -0.4 is 0 Å². The zero-order valence-electron chi connectivity index (χ0n) is 12.1. The molecule has 6 aliphatic rings. The van der Waals surface area contributed by atoms with Crippen LogP contribution >= 0.6 is 0 Å². The molecule has 110 valence electrons. The Morgan fingerprint density at radius 1 is 0.857 bits per heavy atom. The van der Waals surface area contributed by atoms with Crippen molar-refractivity contribution in [1.82, 2.24) is 0 Å². The van der Waals surface area contributed by atoms with Crippen molar-refractivity contribution in [3.05, 3.63) is 11.1 Å². The van der Waals surface area contributed by atoms with E-state index in [-0.39, 0.29) is 29.2 Å². The molecule has 0 aromatic carbocycles. The number of carbonyl (C=O) groups is 2. The minimum absolute atomic E-state index is 0.112. The molecule has 1 saturated heterocycles. The highest BCUT2D eigenvalue weighted by Crippen LogP contribution is 2.77. The fourth-order valence-corrected chi connectivity index (χ4v) is 7.67. The molecule has 3 nitrogen and oxygen atoms in total. The fraction of sp³-hybridized carbons (Fsp3) is 0.778. The van der Waals surface area contributed by atoms with Gasteiger partial charge in [-0.3, -0.25) is 9.59 Å². The van der Waals surface area contributed by atoms with Gasteiger partial charge in [0.05, 0.1) is 11.8 Å². The summed E-state index contributed by atoms with van der Waals surface area (Å²) in [5.74, 6) is 1.61. The summed E-state index contributed by atoms with van der Waals surface area (Å²) in [6.45, 7) is 0. The lowest BCUT2D eigenvalue weighted by Crippen LogP contribution is -2.31. The van der Waals surface area contributed by atoms with Crippen LogP contribution in [-0.2, 0) is 14.3 Å². The van der Waals surface area contributed by atoms with Gasteiger partial charge in [-0.1, -0.05) is 24.0 Å². The Morgan fingerprint density at radius 3 is 1.90 bits per heavy atom. The number of carbonyl (C=O) groups excluding carboxylic acids is 2. The van der Waals surface area contributed by atoms with Crippen molar-refractivity contribution in [2.45, 2.75) is 44.9 Å². The third-order valence-electron chi connectivity index (χ3n) is 7.94. The maximum absolute atomic E-state index is 12.3. The first kappa shape index (κ1) is 11.4. The van der Waals surface area contributed by atoms with E-state index in [4.69, 9.17) is 4.74 Å². The zero-order valence-corrected chi connectivity index (χ0v) is 12.1. The van der Waals surface area contributed by atoms with Gasteiger partial charge in [0.25, 0.3) is 0 Å². The van der Waals surface area contributed by atoms with E-state index in [0.717, 1.165) is 11.8 Å². The monoisotopic (exact) mass is 284 g/mol. The first-order valence-electron chi connectivity index (χ1n) is 8.72. The van der Waals surface area contributed by atoms with Gasteiger partial charge in [-0.2, -0.15) is 0 Å². The summed E-state index contributed by atoms with van der Waals surface area (Å²) in [7, 11) is 0. The van der Waals surface area contributed by atoms with Gasteiger partial charge < -0.3 is 4.74 Å². The second-order valence-electron chi connectivity index (χ2n) is 8.30. The Hall–Kier alpha value is -1.12. The minimum Gasteiger partial charge on any atom is -0.393 e. The van der Waals surface area contributed by atoms with Crippen molar-refractivity contribution in [3.8, 4) is 0 Å². The molecule has 6 atom stereocenters. The van der Waals surface area contributed by atoms with Gasteiger partial charge >= 0.3 is 11.9 Å². The number of hydrogen-bond acceptors (Lipinski definition) is 3. The first-order chi connectivity index (χ1) is 10.2. The maximum atomic E-state index is 12.3. The molecule has 4 fully saturated rings. The number of fused-ring (bicyclic) bond motifs is 9. The van der Waals surface area contributed by atoms with Gasteiger partial charge in [0.2, 0.25) is 0 Å². The third kappa shape index (κ3) is 1.01. The van der Waals surface area contributed by atoms with E-state index >= 15 is 0 Å². The Balaban J connectivity index is 1.60. The summed E-state index contributed by atoms with van der Waals surface area (Å²) in [6.07, 6.45) is 9.00. The first-order valence-corrected chi connectivity index (χ1v) is 8.72. The molecule has 5 aliphatic carbocycles. The molecule has 1 aliphatic heterocycles. The Morgan fingerprint density at radius 2 is 1.38 bits per heavy atom. The van der Waals surface area contributed by atoms with E-state index in [0.29, 0.717) is 11.8 Å². The molecule has 0 aromatic rings. The summed E-state index contributed by atoms with van der Waals surface area (Å²) in [4.78, 5) is 24.7. The van der Waals surface area contributed by atoms with Crippen LogP contribution in [-0.4, -0.2) is 11.9 Å². The molecule has 1 heterocycles. The summed E-state index contributed by atoms with van der Waals surface area (Å²) >= 11 is 0. The van der Waals surface area contributed by atoms with Crippen molar-refractivity contribution >= 4 is 11.9 Å². The highest BCUT2D eigenvalue weighted by atomic mass is 16.6. The van der Waals surface area contributed by atoms with Crippen molar-refractivity contribution in [3.63, 3.8) is 0 Å². The lowest BCUT2D eigenvalue weighted by atomic mass is 9.69. The molecule has 6 unspecified atom stereocenters. The standard InChI is InChI=1S/C18H20O3/c19-16-12-13(17(20)21-16)15-11-9-4-3-8(7-9)10(11)14(12)18(15)5-1-2-6-18/h8-9,12-15H,1-7H2. The largest absolute Gasteiger partial charge is 0.393 e. The van der Waals surface area contributed by atoms with Crippen LogP contribution in [0, 0.1) is 40.9 Å². The quantitative estimate of drug-likeness (QED) is 0.390. The summed E-state index contributed by atoms with van der Waals surface area (Å²) in [5.41, 5.74) is 3.59. The highest BCUT2D eigenvalue weighted by Gasteiger charge is 2.75. The lowest BCUT2D eigenvalue weighted by Gasteiger charge is -2.34. The lowest BCUT2D eigenvalue weighted by molar-refractivity contribution is -0.155. The van der Waals surface area contributed by atoms with Gasteiger partial charge in [0.15, 0.2) is 0 Å². The second-order valence-corrected chi connectivity index (χ2v) is 8.30. The van der Waals surface area contributed by atoms with Gasteiger partial charge in [0.1, 0.15) is 0 Å². The average molecular weight is 284 g/mol. The number of esters is 2. The molecule has 0 aromatic heterocycles. The molecule has 0 radical (unpaired) electrons. The van der Waals surface area contributed by atoms with Crippen molar-refractivity contribution < 1.29 is 14.3 Å². The van der Waals surface area contributed by atoms with E-state index in [9.17, 15) is 9.59 Å². The Labute approximate surface area is 124 Å². The number of hydrogen-bond donors (Lipinski definition) is 0. The minimum atomic E-state index is -0.196. The zero-order chi connectivity index (χ0) is 13.9. The molecular formula is C18H20O3.